The highest BCUT2D eigenvalue weighted by atomic mass is 16.6. The molecular formula is C48H62N8O6. The molecule has 14 nitrogen and oxygen atoms in total. The third-order valence-electron chi connectivity index (χ3n) is 10.5. The molecular weight excluding hydrogens is 785 g/mol. The van der Waals surface area contributed by atoms with Crippen LogP contribution in [0.3, 0.4) is 0 Å². The van der Waals surface area contributed by atoms with Gasteiger partial charge in [0.05, 0.1) is 22.8 Å². The highest BCUT2D eigenvalue weighted by Gasteiger charge is 2.24. The number of alkyl carbamates (subject to hydrolysis) is 2. The predicted octanol–water partition coefficient (Wildman–Crippen LogP) is 8.92. The number of rotatable bonds is 14. The van der Waals surface area contributed by atoms with Crippen LogP contribution in [0.15, 0.2) is 37.4 Å². The van der Waals surface area contributed by atoms with Gasteiger partial charge in [-0.1, -0.05) is 25.3 Å². The van der Waals surface area contributed by atoms with Crippen LogP contribution in [0.4, 0.5) is 9.59 Å². The Morgan fingerprint density at radius 2 is 0.935 bits per heavy atom. The maximum absolute atomic E-state index is 13.2. The van der Waals surface area contributed by atoms with E-state index in [0.29, 0.717) is 24.2 Å². The summed E-state index contributed by atoms with van der Waals surface area (Å²) in [5, 5.41) is 11.1. The molecule has 0 unspecified atom stereocenters. The summed E-state index contributed by atoms with van der Waals surface area (Å²) < 4.78 is 10.6. The minimum absolute atomic E-state index is 0.173. The molecule has 0 spiro atoms. The van der Waals surface area contributed by atoms with Crippen molar-refractivity contribution in [1.29, 1.82) is 0 Å². The lowest BCUT2D eigenvalue weighted by atomic mass is 9.98. The molecule has 8 bridgehead atoms. The SMILES string of the molecule is C=Cc1c(C)c2cc3[nH]c(cc4nc(cc5nc(cc1[nH]2)C(C)=C5CCC(=O)NCCNC(=O)OC(C)(C)C)C(CCC(=O)NCCNC(=O)OC(C)(C)C)=C4C)c(C)c3C=C. The lowest BCUT2D eigenvalue weighted by molar-refractivity contribution is -0.121. The first-order valence-corrected chi connectivity index (χ1v) is 21.1. The molecule has 330 valence electrons. The van der Waals surface area contributed by atoms with Gasteiger partial charge in [0.15, 0.2) is 0 Å². The quantitative estimate of drug-likeness (QED) is 0.0867. The number of allylic oxidation sites excluding steroid dienone is 4. The molecule has 14 heteroatoms. The number of carbonyl (C=O) groups is 4. The fourth-order valence-electron chi connectivity index (χ4n) is 7.32. The Morgan fingerprint density at radius 3 is 1.34 bits per heavy atom. The van der Waals surface area contributed by atoms with E-state index in [1.807, 2.05) is 51.1 Å². The van der Waals surface area contributed by atoms with Crippen molar-refractivity contribution in [2.45, 2.75) is 106 Å². The largest absolute Gasteiger partial charge is 0.444 e. The van der Waals surface area contributed by atoms with Crippen molar-refractivity contribution in [2.24, 2.45) is 0 Å². The molecule has 0 saturated heterocycles. The lowest BCUT2D eigenvalue weighted by Crippen LogP contribution is -2.37. The van der Waals surface area contributed by atoms with Crippen molar-refractivity contribution in [2.75, 3.05) is 26.2 Å². The van der Waals surface area contributed by atoms with Gasteiger partial charge in [-0.05, 0) is 140 Å². The normalized spacial score (nSPS) is 12.8. The first kappa shape index (κ1) is 46.6. The van der Waals surface area contributed by atoms with Crippen LogP contribution in [0.5, 0.6) is 0 Å². The Hall–Kier alpha value is -6.44. The van der Waals surface area contributed by atoms with E-state index in [1.54, 1.807) is 41.5 Å². The van der Waals surface area contributed by atoms with Crippen molar-refractivity contribution in [3.8, 4) is 0 Å². The summed E-state index contributed by atoms with van der Waals surface area (Å²) in [5.74, 6) is -0.347. The Kier molecular flexibility index (Phi) is 14.7. The topological polar surface area (TPSA) is 192 Å². The van der Waals surface area contributed by atoms with Gasteiger partial charge in [0.2, 0.25) is 11.8 Å². The molecule has 62 heavy (non-hydrogen) atoms. The summed E-state index contributed by atoms with van der Waals surface area (Å²) in [7, 11) is 0. The molecule has 0 aromatic carbocycles. The highest BCUT2D eigenvalue weighted by Crippen LogP contribution is 2.38. The second kappa shape index (κ2) is 19.5. The van der Waals surface area contributed by atoms with E-state index >= 15 is 0 Å². The third kappa shape index (κ3) is 11.9. The van der Waals surface area contributed by atoms with Crippen molar-refractivity contribution in [3.63, 3.8) is 0 Å². The summed E-state index contributed by atoms with van der Waals surface area (Å²) in [6, 6.07) is 8.07. The van der Waals surface area contributed by atoms with Crippen LogP contribution in [0.2, 0.25) is 0 Å². The van der Waals surface area contributed by atoms with Gasteiger partial charge in [-0.3, -0.25) is 9.59 Å². The van der Waals surface area contributed by atoms with Crippen LogP contribution in [-0.4, -0.2) is 81.3 Å². The second-order valence-electron chi connectivity index (χ2n) is 17.5. The molecule has 6 N–H and O–H groups in total. The van der Waals surface area contributed by atoms with Crippen LogP contribution in [0, 0.1) is 13.8 Å². The molecule has 5 rings (SSSR count). The van der Waals surface area contributed by atoms with Crippen LogP contribution in [-0.2, 0) is 19.1 Å². The van der Waals surface area contributed by atoms with E-state index in [1.165, 1.54) is 0 Å². The second-order valence-corrected chi connectivity index (χ2v) is 17.5. The van der Waals surface area contributed by atoms with Crippen molar-refractivity contribution >= 4 is 80.5 Å². The number of ether oxygens (including phenoxy) is 2. The Balaban J connectivity index is 1.52. The highest BCUT2D eigenvalue weighted by molar-refractivity contribution is 5.97. The number of carbonyl (C=O) groups excluding carboxylic acids is 4. The van der Waals surface area contributed by atoms with Gasteiger partial charge < -0.3 is 40.7 Å². The molecule has 0 saturated carbocycles. The summed E-state index contributed by atoms with van der Waals surface area (Å²) in [6.07, 6.45) is 3.74. The van der Waals surface area contributed by atoms with Gasteiger partial charge in [0.1, 0.15) is 11.2 Å². The van der Waals surface area contributed by atoms with Gasteiger partial charge in [-0.25, -0.2) is 19.6 Å². The summed E-state index contributed by atoms with van der Waals surface area (Å²) in [4.78, 5) is 68.0. The van der Waals surface area contributed by atoms with Crippen LogP contribution >= 0.6 is 0 Å². The number of nitrogens with one attached hydrogen (secondary N) is 6. The van der Waals surface area contributed by atoms with Gasteiger partial charge in [0, 0.05) is 72.2 Å². The maximum Gasteiger partial charge on any atom is 0.407 e. The van der Waals surface area contributed by atoms with E-state index in [9.17, 15) is 19.2 Å². The van der Waals surface area contributed by atoms with E-state index < -0.39 is 23.4 Å². The van der Waals surface area contributed by atoms with Crippen LogP contribution in [0.25, 0.3) is 56.5 Å². The zero-order valence-corrected chi connectivity index (χ0v) is 37.9. The van der Waals surface area contributed by atoms with Crippen molar-refractivity contribution in [1.82, 2.24) is 41.2 Å². The molecule has 0 atom stereocenters. The average Bonchev–Trinajstić information content (AvgIpc) is 3.84. The molecule has 0 radical (unpaired) electrons. The number of aromatic nitrogens is 4. The first-order chi connectivity index (χ1) is 29.2. The number of hydrogen-bond donors (Lipinski definition) is 6. The number of amides is 4. The Morgan fingerprint density at radius 1 is 0.565 bits per heavy atom. The zero-order valence-electron chi connectivity index (χ0n) is 37.9. The molecule has 5 heterocycles. The molecule has 3 aromatic rings. The summed E-state index contributed by atoms with van der Waals surface area (Å²) in [6.45, 7) is 28.0. The average molecular weight is 847 g/mol. The monoisotopic (exact) mass is 846 g/mol. The minimum atomic E-state index is -0.623. The van der Waals surface area contributed by atoms with Gasteiger partial charge >= 0.3 is 12.2 Å². The molecule has 0 fully saturated rings. The smallest absolute Gasteiger partial charge is 0.407 e. The maximum atomic E-state index is 13.2. The predicted molar refractivity (Wildman–Crippen MR) is 249 cm³/mol. The Labute approximate surface area is 364 Å². The van der Waals surface area contributed by atoms with E-state index in [-0.39, 0.29) is 50.8 Å². The molecule has 4 amide bonds. The van der Waals surface area contributed by atoms with E-state index in [0.717, 1.165) is 78.0 Å². The lowest BCUT2D eigenvalue weighted by Gasteiger charge is -2.19. The first-order valence-electron chi connectivity index (χ1n) is 21.1. The number of aryl methyl sites for hydroxylation is 2. The molecule has 2 aliphatic rings. The van der Waals surface area contributed by atoms with E-state index in [2.05, 4.69) is 57.4 Å². The van der Waals surface area contributed by atoms with Gasteiger partial charge in [-0.2, -0.15) is 0 Å². The van der Waals surface area contributed by atoms with Crippen LogP contribution in [0.1, 0.15) is 126 Å². The molecule has 0 aliphatic carbocycles. The summed E-state index contributed by atoms with van der Waals surface area (Å²) >= 11 is 0. The number of hydrogen-bond acceptors (Lipinski definition) is 8. The molecule has 3 aromatic heterocycles. The summed E-state index contributed by atoms with van der Waals surface area (Å²) in [5.41, 5.74) is 12.7. The fourth-order valence-corrected chi connectivity index (χ4v) is 7.32. The van der Waals surface area contributed by atoms with E-state index in [4.69, 9.17) is 19.4 Å². The zero-order chi connectivity index (χ0) is 45.5. The number of fused-ring (bicyclic) bond motifs is 8. The number of nitrogens with zero attached hydrogens (tertiary/aromatic N) is 2. The number of aromatic amines is 2. The standard InChI is InChI=1S/C48H62N8O6/c1-13-31-27(3)35-23-36-29(5)33(15-17-43(57)49-19-21-51-45(59)61-47(7,8)9)41(55-36)26-42-34(16-18-44(58)50-20-22-52-46(60)62-48(10,11)12)30(6)38(56-42)25-40-32(14-2)28(4)37(54-40)24-39(31)53-35/h13-14,23-26,53-54H,1-2,15-22H2,3-12H3,(H,49,57)(H,50,58)(H,51,59)(H,52,60). The fraction of sp³-hybridized carbons (Fsp3) is 0.417. The van der Waals surface area contributed by atoms with Crippen molar-refractivity contribution < 1.29 is 28.7 Å². The third-order valence-corrected chi connectivity index (χ3v) is 10.5. The number of H-pyrrole nitrogens is 2. The van der Waals surface area contributed by atoms with Crippen LogP contribution < -0.4 is 21.3 Å². The Bertz CT molecular complexity index is 2510. The van der Waals surface area contributed by atoms with Crippen molar-refractivity contribution in [3.05, 3.63) is 82.5 Å². The van der Waals surface area contributed by atoms with Gasteiger partial charge in [-0.15, -0.1) is 0 Å². The van der Waals surface area contributed by atoms with Gasteiger partial charge in [0.25, 0.3) is 0 Å². The minimum Gasteiger partial charge on any atom is -0.444 e. The molecule has 2 aliphatic heterocycles.